The fourth-order valence-electron chi connectivity index (χ4n) is 2.04. The third-order valence-electron chi connectivity index (χ3n) is 3.31. The second-order valence-corrected chi connectivity index (χ2v) is 4.68. The number of hydrogen-bond acceptors (Lipinski definition) is 4. The van der Waals surface area contributed by atoms with Crippen molar-refractivity contribution in [2.24, 2.45) is 0 Å². The molecule has 2 heterocycles. The van der Waals surface area contributed by atoms with Gasteiger partial charge in [0.05, 0.1) is 12.2 Å². The van der Waals surface area contributed by atoms with Gasteiger partial charge in [-0.2, -0.15) is 0 Å². The Hall–Kier alpha value is -2.08. The van der Waals surface area contributed by atoms with E-state index in [0.717, 1.165) is 13.1 Å². The maximum atomic E-state index is 13.0. The number of nitrogens with one attached hydrogen (secondary N) is 1. The largest absolute Gasteiger partial charge is 0.312 e. The van der Waals surface area contributed by atoms with E-state index in [9.17, 15) is 9.18 Å². The first-order chi connectivity index (χ1) is 9.15. The van der Waals surface area contributed by atoms with Gasteiger partial charge in [-0.3, -0.25) is 4.79 Å². The lowest BCUT2D eigenvalue weighted by Crippen LogP contribution is -2.43. The molecule has 1 aromatic heterocycles. The number of hydrogen-bond donors (Lipinski definition) is 1. The van der Waals surface area contributed by atoms with E-state index in [1.54, 1.807) is 17.8 Å². The lowest BCUT2D eigenvalue weighted by molar-refractivity contribution is 0.103. The van der Waals surface area contributed by atoms with Crippen molar-refractivity contribution in [3.63, 3.8) is 0 Å². The predicted molar refractivity (Wildman–Crippen MR) is 66.5 cm³/mol. The zero-order valence-corrected chi connectivity index (χ0v) is 10.4. The lowest BCUT2D eigenvalue weighted by Gasteiger charge is -2.26. The van der Waals surface area contributed by atoms with E-state index in [4.69, 9.17) is 0 Å². The van der Waals surface area contributed by atoms with E-state index in [1.807, 2.05) is 0 Å². The molecule has 3 rings (SSSR count). The van der Waals surface area contributed by atoms with Crippen LogP contribution < -0.4 is 5.32 Å². The van der Waals surface area contributed by atoms with E-state index in [1.165, 1.54) is 18.2 Å². The van der Waals surface area contributed by atoms with Gasteiger partial charge in [0.25, 0.3) is 0 Å². The van der Waals surface area contributed by atoms with Gasteiger partial charge in [-0.25, -0.2) is 9.07 Å². The molecule has 0 spiro atoms. The number of carbonyl (C=O) groups is 1. The summed E-state index contributed by atoms with van der Waals surface area (Å²) in [5.74, 6) is -0.575. The van der Waals surface area contributed by atoms with Crippen molar-refractivity contribution in [3.8, 4) is 0 Å². The molecule has 98 valence electrons. The maximum absolute atomic E-state index is 13.0. The molecule has 2 aromatic rings. The summed E-state index contributed by atoms with van der Waals surface area (Å²) in [7, 11) is 0. The Morgan fingerprint density at radius 3 is 2.89 bits per heavy atom. The highest BCUT2D eigenvalue weighted by Crippen LogP contribution is 2.16. The molecule has 1 aliphatic heterocycles. The molecule has 1 saturated heterocycles. The molecule has 0 aliphatic carbocycles. The van der Waals surface area contributed by atoms with Gasteiger partial charge in [0.15, 0.2) is 5.69 Å². The van der Waals surface area contributed by atoms with Crippen LogP contribution in [0.1, 0.15) is 27.7 Å². The monoisotopic (exact) mass is 260 g/mol. The van der Waals surface area contributed by atoms with Crippen molar-refractivity contribution >= 4 is 5.78 Å². The van der Waals surface area contributed by atoms with Crippen LogP contribution in [0.25, 0.3) is 0 Å². The van der Waals surface area contributed by atoms with Gasteiger partial charge < -0.3 is 5.32 Å². The maximum Gasteiger partial charge on any atom is 0.215 e. The first-order valence-electron chi connectivity index (χ1n) is 6.08. The number of aromatic nitrogens is 3. The van der Waals surface area contributed by atoms with Crippen LogP contribution in [0.2, 0.25) is 0 Å². The average molecular weight is 260 g/mol. The summed E-state index contributed by atoms with van der Waals surface area (Å²) in [6, 6.07) is 4.37. The van der Waals surface area contributed by atoms with Crippen LogP contribution in [0.3, 0.4) is 0 Å². The Labute approximate surface area is 109 Å². The summed E-state index contributed by atoms with van der Waals surface area (Å²) in [6.07, 6.45) is 1.65. The average Bonchev–Trinajstić information content (AvgIpc) is 2.75. The molecule has 0 bridgehead atoms. The van der Waals surface area contributed by atoms with E-state index in [-0.39, 0.29) is 17.6 Å². The number of benzene rings is 1. The van der Waals surface area contributed by atoms with Crippen LogP contribution in [0.5, 0.6) is 0 Å². The molecule has 0 amide bonds. The van der Waals surface area contributed by atoms with Gasteiger partial charge in [-0.1, -0.05) is 5.21 Å². The minimum Gasteiger partial charge on any atom is -0.312 e. The van der Waals surface area contributed by atoms with Crippen molar-refractivity contribution in [3.05, 3.63) is 47.0 Å². The van der Waals surface area contributed by atoms with Crippen LogP contribution in [0.15, 0.2) is 24.4 Å². The fraction of sp³-hybridized carbons (Fsp3) is 0.308. The van der Waals surface area contributed by atoms with Gasteiger partial charge in [0.2, 0.25) is 5.78 Å². The smallest absolute Gasteiger partial charge is 0.215 e. The van der Waals surface area contributed by atoms with Crippen LogP contribution in [-0.2, 0) is 0 Å². The summed E-state index contributed by atoms with van der Waals surface area (Å²) in [6.45, 7) is 3.38. The van der Waals surface area contributed by atoms with Crippen LogP contribution >= 0.6 is 0 Å². The van der Waals surface area contributed by atoms with Crippen LogP contribution in [0, 0.1) is 12.7 Å². The number of halogens is 1. The SMILES string of the molecule is Cc1cc(F)ccc1C(=O)c1cn(C2CNC2)nn1. The molecule has 0 radical (unpaired) electrons. The Morgan fingerprint density at radius 1 is 1.47 bits per heavy atom. The second kappa shape index (κ2) is 4.55. The molecule has 0 saturated carbocycles. The highest BCUT2D eigenvalue weighted by Gasteiger charge is 2.22. The van der Waals surface area contributed by atoms with Gasteiger partial charge in [0.1, 0.15) is 5.82 Å². The molecule has 0 atom stereocenters. The lowest BCUT2D eigenvalue weighted by atomic mass is 10.0. The molecule has 1 N–H and O–H groups in total. The fourth-order valence-corrected chi connectivity index (χ4v) is 2.04. The van der Waals surface area contributed by atoms with Crippen LogP contribution in [-0.4, -0.2) is 33.9 Å². The normalized spacial score (nSPS) is 15.3. The standard InChI is InChI=1S/C13H13FN4O/c1-8-4-9(14)2-3-11(8)13(19)12-7-18(17-16-12)10-5-15-6-10/h2-4,7,10,15H,5-6H2,1H3. The summed E-state index contributed by atoms with van der Waals surface area (Å²) < 4.78 is 14.7. The predicted octanol–water partition coefficient (Wildman–Crippen LogP) is 1.10. The number of nitrogens with zero attached hydrogens (tertiary/aromatic N) is 3. The van der Waals surface area contributed by atoms with E-state index in [0.29, 0.717) is 16.8 Å². The Bertz CT molecular complexity index is 633. The van der Waals surface area contributed by atoms with E-state index in [2.05, 4.69) is 15.6 Å². The summed E-state index contributed by atoms with van der Waals surface area (Å²) >= 11 is 0. The molecule has 1 aromatic carbocycles. The zero-order valence-electron chi connectivity index (χ0n) is 10.4. The molecule has 19 heavy (non-hydrogen) atoms. The minimum atomic E-state index is -0.349. The first-order valence-corrected chi connectivity index (χ1v) is 6.08. The molecule has 0 unspecified atom stereocenters. The zero-order chi connectivity index (χ0) is 13.4. The third-order valence-corrected chi connectivity index (χ3v) is 3.31. The highest BCUT2D eigenvalue weighted by atomic mass is 19.1. The van der Waals surface area contributed by atoms with Crippen molar-refractivity contribution in [2.45, 2.75) is 13.0 Å². The Kier molecular flexibility index (Phi) is 2.87. The molecule has 6 heteroatoms. The number of carbonyl (C=O) groups excluding carboxylic acids is 1. The van der Waals surface area contributed by atoms with Gasteiger partial charge in [-0.15, -0.1) is 5.10 Å². The number of ketones is 1. The van der Waals surface area contributed by atoms with Crippen molar-refractivity contribution in [2.75, 3.05) is 13.1 Å². The molecular weight excluding hydrogens is 247 g/mol. The molecule has 5 nitrogen and oxygen atoms in total. The number of aryl methyl sites for hydroxylation is 1. The third kappa shape index (κ3) is 2.15. The summed E-state index contributed by atoms with van der Waals surface area (Å²) in [4.78, 5) is 12.3. The minimum absolute atomic E-state index is 0.226. The highest BCUT2D eigenvalue weighted by molar-refractivity contribution is 6.08. The second-order valence-electron chi connectivity index (χ2n) is 4.68. The van der Waals surface area contributed by atoms with Crippen molar-refractivity contribution < 1.29 is 9.18 Å². The Morgan fingerprint density at radius 2 is 2.26 bits per heavy atom. The van der Waals surface area contributed by atoms with Gasteiger partial charge >= 0.3 is 0 Å². The summed E-state index contributed by atoms with van der Waals surface area (Å²) in [5.41, 5.74) is 1.35. The first kappa shape index (κ1) is 12.0. The van der Waals surface area contributed by atoms with Gasteiger partial charge in [0, 0.05) is 18.7 Å². The summed E-state index contributed by atoms with van der Waals surface area (Å²) in [5, 5.41) is 11.0. The Balaban J connectivity index is 1.88. The van der Waals surface area contributed by atoms with E-state index < -0.39 is 0 Å². The topological polar surface area (TPSA) is 59.8 Å². The van der Waals surface area contributed by atoms with Gasteiger partial charge in [-0.05, 0) is 30.7 Å². The molecular formula is C13H13FN4O. The van der Waals surface area contributed by atoms with Crippen molar-refractivity contribution in [1.29, 1.82) is 0 Å². The van der Waals surface area contributed by atoms with E-state index >= 15 is 0 Å². The molecule has 1 aliphatic rings. The number of rotatable bonds is 3. The molecule has 1 fully saturated rings. The van der Waals surface area contributed by atoms with Crippen LogP contribution in [0.4, 0.5) is 4.39 Å². The van der Waals surface area contributed by atoms with Crippen molar-refractivity contribution in [1.82, 2.24) is 20.3 Å². The quantitative estimate of drug-likeness (QED) is 0.840.